The van der Waals surface area contributed by atoms with E-state index < -0.39 is 0 Å². The van der Waals surface area contributed by atoms with Crippen molar-refractivity contribution in [3.63, 3.8) is 0 Å². The molecule has 6 nitrogen and oxygen atoms in total. The van der Waals surface area contributed by atoms with Crippen LogP contribution in [0.5, 0.6) is 0 Å². The van der Waals surface area contributed by atoms with E-state index in [4.69, 9.17) is 17.3 Å². The lowest BCUT2D eigenvalue weighted by atomic mass is 10.1. The maximum atomic E-state index is 5.61. The van der Waals surface area contributed by atoms with Crippen LogP contribution >= 0.6 is 12.2 Å². The smallest absolute Gasteiger partial charge is 0.199 e. The summed E-state index contributed by atoms with van der Waals surface area (Å²) in [6, 6.07) is 8.43. The molecule has 4 heterocycles. The number of rotatable bonds is 4. The van der Waals surface area contributed by atoms with Crippen molar-refractivity contribution in [3.8, 4) is 11.4 Å². The molecule has 7 heteroatoms. The van der Waals surface area contributed by atoms with Gasteiger partial charge in [-0.05, 0) is 48.8 Å². The van der Waals surface area contributed by atoms with Crippen LogP contribution in [0.4, 0.5) is 0 Å². The van der Waals surface area contributed by atoms with Gasteiger partial charge in [0.05, 0.1) is 6.67 Å². The van der Waals surface area contributed by atoms with E-state index in [9.17, 15) is 0 Å². The monoisotopic (exact) mass is 352 g/mol. The van der Waals surface area contributed by atoms with E-state index in [0.717, 1.165) is 29.1 Å². The number of hydrogen-bond donors (Lipinski definition) is 0. The molecule has 0 amide bonds. The maximum absolute atomic E-state index is 5.61. The summed E-state index contributed by atoms with van der Waals surface area (Å²) in [5.41, 5.74) is 2.28. The van der Waals surface area contributed by atoms with Gasteiger partial charge in [-0.1, -0.05) is 6.07 Å². The lowest BCUT2D eigenvalue weighted by Crippen LogP contribution is -2.27. The highest BCUT2D eigenvalue weighted by Gasteiger charge is 2.27. The molecular weight excluding hydrogens is 332 g/mol. The Morgan fingerprint density at radius 2 is 2.00 bits per heavy atom. The molecule has 0 radical (unpaired) electrons. The fraction of sp³-hybridized carbons (Fsp3) is 0.333. The van der Waals surface area contributed by atoms with Crippen LogP contribution in [0.2, 0.25) is 0 Å². The SMILES string of the molecule is Cn1c(-c2ccncc2)nn(CN2CCCC2c2cccnc2)c1=S. The number of likely N-dealkylation sites (tertiary alicyclic amines) is 1. The lowest BCUT2D eigenvalue weighted by molar-refractivity contribution is 0.189. The second-order valence-electron chi connectivity index (χ2n) is 6.30. The van der Waals surface area contributed by atoms with Gasteiger partial charge in [-0.2, -0.15) is 5.10 Å². The van der Waals surface area contributed by atoms with E-state index in [1.165, 1.54) is 12.0 Å². The van der Waals surface area contributed by atoms with Gasteiger partial charge in [0, 0.05) is 50.0 Å². The average Bonchev–Trinajstić information content (AvgIpc) is 3.23. The Balaban J connectivity index is 1.62. The van der Waals surface area contributed by atoms with Gasteiger partial charge < -0.3 is 4.57 Å². The molecule has 1 aliphatic rings. The van der Waals surface area contributed by atoms with E-state index in [0.29, 0.717) is 12.7 Å². The summed E-state index contributed by atoms with van der Waals surface area (Å²) in [4.78, 5) is 10.8. The molecule has 1 fully saturated rings. The van der Waals surface area contributed by atoms with Crippen molar-refractivity contribution >= 4 is 12.2 Å². The molecule has 0 N–H and O–H groups in total. The highest BCUT2D eigenvalue weighted by molar-refractivity contribution is 7.71. The molecule has 128 valence electrons. The van der Waals surface area contributed by atoms with Gasteiger partial charge >= 0.3 is 0 Å². The molecule has 0 aromatic carbocycles. The Kier molecular flexibility index (Phi) is 4.42. The van der Waals surface area contributed by atoms with Crippen molar-refractivity contribution in [2.24, 2.45) is 7.05 Å². The predicted octanol–water partition coefficient (Wildman–Crippen LogP) is 3.20. The first-order chi connectivity index (χ1) is 12.2. The normalized spacial score (nSPS) is 17.9. The Labute approximate surface area is 151 Å². The molecule has 3 aromatic rings. The van der Waals surface area contributed by atoms with Crippen molar-refractivity contribution < 1.29 is 0 Å². The minimum atomic E-state index is 0.377. The molecule has 4 rings (SSSR count). The Morgan fingerprint density at radius 1 is 1.16 bits per heavy atom. The van der Waals surface area contributed by atoms with Crippen LogP contribution in [0.1, 0.15) is 24.4 Å². The van der Waals surface area contributed by atoms with E-state index in [1.54, 1.807) is 12.4 Å². The number of hydrogen-bond acceptors (Lipinski definition) is 5. The summed E-state index contributed by atoms with van der Waals surface area (Å²) in [7, 11) is 1.96. The Bertz CT molecular complexity index is 902. The van der Waals surface area contributed by atoms with Crippen molar-refractivity contribution in [1.29, 1.82) is 0 Å². The highest BCUT2D eigenvalue weighted by Crippen LogP contribution is 2.31. The fourth-order valence-corrected chi connectivity index (χ4v) is 3.64. The van der Waals surface area contributed by atoms with Crippen LogP contribution in [0.3, 0.4) is 0 Å². The molecule has 1 atom stereocenters. The molecule has 1 saturated heterocycles. The van der Waals surface area contributed by atoms with Crippen LogP contribution in [0.15, 0.2) is 49.1 Å². The van der Waals surface area contributed by atoms with Crippen molar-refractivity contribution in [2.45, 2.75) is 25.6 Å². The molecule has 0 aliphatic carbocycles. The van der Waals surface area contributed by atoms with Gasteiger partial charge in [0.1, 0.15) is 0 Å². The molecule has 1 aliphatic heterocycles. The minimum absolute atomic E-state index is 0.377. The zero-order valence-electron chi connectivity index (χ0n) is 14.1. The summed E-state index contributed by atoms with van der Waals surface area (Å²) < 4.78 is 4.60. The van der Waals surface area contributed by atoms with Crippen molar-refractivity contribution in [2.75, 3.05) is 6.54 Å². The molecular formula is C18H20N6S. The van der Waals surface area contributed by atoms with Gasteiger partial charge in [-0.15, -0.1) is 0 Å². The molecule has 0 bridgehead atoms. The second kappa shape index (κ2) is 6.85. The maximum Gasteiger partial charge on any atom is 0.199 e. The molecule has 25 heavy (non-hydrogen) atoms. The Hall–Kier alpha value is -2.38. The summed E-state index contributed by atoms with van der Waals surface area (Å²) in [6.45, 7) is 1.74. The zero-order valence-corrected chi connectivity index (χ0v) is 14.9. The first kappa shape index (κ1) is 16.1. The van der Waals surface area contributed by atoms with E-state index in [2.05, 4.69) is 20.9 Å². The first-order valence-electron chi connectivity index (χ1n) is 8.42. The molecule has 0 spiro atoms. The van der Waals surface area contributed by atoms with Gasteiger partial charge in [-0.25, -0.2) is 4.68 Å². The van der Waals surface area contributed by atoms with E-state index >= 15 is 0 Å². The van der Waals surface area contributed by atoms with Crippen LogP contribution in [0, 0.1) is 4.77 Å². The zero-order chi connectivity index (χ0) is 17.2. The number of pyridine rings is 2. The lowest BCUT2D eigenvalue weighted by Gasteiger charge is -2.24. The van der Waals surface area contributed by atoms with Gasteiger partial charge in [0.25, 0.3) is 0 Å². The molecule has 0 saturated carbocycles. The predicted molar refractivity (Wildman–Crippen MR) is 98.2 cm³/mol. The molecule has 3 aromatic heterocycles. The third kappa shape index (κ3) is 3.12. The van der Waals surface area contributed by atoms with Gasteiger partial charge in [0.2, 0.25) is 0 Å². The van der Waals surface area contributed by atoms with Crippen molar-refractivity contribution in [1.82, 2.24) is 29.2 Å². The Morgan fingerprint density at radius 3 is 2.76 bits per heavy atom. The third-order valence-corrected chi connectivity index (χ3v) is 5.21. The van der Waals surface area contributed by atoms with E-state index in [1.807, 2.05) is 46.9 Å². The molecule has 1 unspecified atom stereocenters. The van der Waals surface area contributed by atoms with Crippen LogP contribution in [-0.2, 0) is 13.7 Å². The topological polar surface area (TPSA) is 51.8 Å². The van der Waals surface area contributed by atoms with Crippen LogP contribution < -0.4 is 0 Å². The summed E-state index contributed by atoms with van der Waals surface area (Å²) in [5, 5.41) is 4.76. The largest absolute Gasteiger partial charge is 0.303 e. The summed E-state index contributed by atoms with van der Waals surface area (Å²) >= 11 is 5.61. The van der Waals surface area contributed by atoms with Gasteiger partial charge in [0.15, 0.2) is 10.6 Å². The fourth-order valence-electron chi connectivity index (χ4n) is 3.45. The van der Waals surface area contributed by atoms with Gasteiger partial charge in [-0.3, -0.25) is 14.9 Å². The summed E-state index contributed by atoms with van der Waals surface area (Å²) in [5.74, 6) is 0.865. The minimum Gasteiger partial charge on any atom is -0.303 e. The average molecular weight is 352 g/mol. The van der Waals surface area contributed by atoms with Crippen LogP contribution in [0.25, 0.3) is 11.4 Å². The first-order valence-corrected chi connectivity index (χ1v) is 8.83. The highest BCUT2D eigenvalue weighted by atomic mass is 32.1. The van der Waals surface area contributed by atoms with Crippen LogP contribution in [-0.4, -0.2) is 35.8 Å². The second-order valence-corrected chi connectivity index (χ2v) is 6.66. The standard InChI is InChI=1S/C18H20N6S/c1-22-17(14-6-9-19-10-7-14)21-24(18(22)25)13-23-11-3-5-16(23)15-4-2-8-20-12-15/h2,4,6-10,12,16H,3,5,11,13H2,1H3. The quantitative estimate of drug-likeness (QED) is 0.675. The third-order valence-electron chi connectivity index (χ3n) is 4.73. The summed E-state index contributed by atoms with van der Waals surface area (Å²) in [6.07, 6.45) is 9.65. The number of nitrogens with zero attached hydrogens (tertiary/aromatic N) is 6. The number of aromatic nitrogens is 5. The van der Waals surface area contributed by atoms with E-state index in [-0.39, 0.29) is 0 Å². The van der Waals surface area contributed by atoms with Crippen molar-refractivity contribution in [3.05, 3.63) is 59.4 Å².